The van der Waals surface area contributed by atoms with Gasteiger partial charge in [0.1, 0.15) is 12.4 Å². The molecule has 4 nitrogen and oxygen atoms in total. The van der Waals surface area contributed by atoms with Gasteiger partial charge >= 0.3 is 0 Å². The molecule has 0 aliphatic carbocycles. The molecule has 1 aromatic heterocycles. The lowest BCUT2D eigenvalue weighted by Crippen LogP contribution is -2.24. The van der Waals surface area contributed by atoms with E-state index in [9.17, 15) is 4.79 Å². The van der Waals surface area contributed by atoms with Gasteiger partial charge in [-0.1, -0.05) is 6.07 Å². The minimum Gasteiger partial charge on any atom is -0.491 e. The Bertz CT molecular complexity index is 651. The smallest absolute Gasteiger partial charge is 0.255 e. The van der Waals surface area contributed by atoms with Crippen LogP contribution in [0.2, 0.25) is 0 Å². The van der Waals surface area contributed by atoms with Crippen LogP contribution in [-0.4, -0.2) is 19.1 Å². The number of aryl methyl sites for hydroxylation is 1. The number of thiophene rings is 1. The molecule has 1 amide bonds. The van der Waals surface area contributed by atoms with Crippen LogP contribution in [0.5, 0.6) is 5.75 Å². The van der Waals surface area contributed by atoms with Gasteiger partial charge in [0.2, 0.25) is 0 Å². The number of carbonyl (C=O) groups is 1. The number of carbonyl (C=O) groups excluding carboxylic acids is 1. The van der Waals surface area contributed by atoms with Crippen LogP contribution in [0.3, 0.4) is 0 Å². The van der Waals surface area contributed by atoms with E-state index in [0.717, 1.165) is 10.4 Å². The van der Waals surface area contributed by atoms with Crippen LogP contribution in [0, 0.1) is 6.92 Å². The molecule has 1 aliphatic rings. The van der Waals surface area contributed by atoms with Crippen molar-refractivity contribution in [2.24, 2.45) is 5.73 Å². The molecule has 0 bridgehead atoms. The van der Waals surface area contributed by atoms with Crippen LogP contribution < -0.4 is 15.8 Å². The third-order valence-electron chi connectivity index (χ3n) is 3.32. The van der Waals surface area contributed by atoms with E-state index < -0.39 is 0 Å². The Morgan fingerprint density at radius 3 is 2.95 bits per heavy atom. The standard InChI is InChI=1S/C15H16N2O2S/c1-9-2-5-13(20-9)14(16)10-3-4-12-11(8-10)15(18)17-6-7-19-12/h2-5,8,14H,6-7,16H2,1H3,(H,17,18). The number of amides is 1. The molecule has 104 valence electrons. The SMILES string of the molecule is Cc1ccc(C(N)c2ccc3c(c2)C(=O)NCCO3)s1. The van der Waals surface area contributed by atoms with Crippen LogP contribution in [0.1, 0.15) is 31.7 Å². The van der Waals surface area contributed by atoms with Crippen LogP contribution in [0.4, 0.5) is 0 Å². The summed E-state index contributed by atoms with van der Waals surface area (Å²) in [7, 11) is 0. The molecule has 20 heavy (non-hydrogen) atoms. The molecular weight excluding hydrogens is 272 g/mol. The van der Waals surface area contributed by atoms with Crippen molar-refractivity contribution >= 4 is 17.2 Å². The van der Waals surface area contributed by atoms with Gasteiger partial charge in [0, 0.05) is 9.75 Å². The summed E-state index contributed by atoms with van der Waals surface area (Å²) >= 11 is 1.68. The van der Waals surface area contributed by atoms with Crippen LogP contribution in [-0.2, 0) is 0 Å². The number of rotatable bonds is 2. The second-order valence-corrected chi connectivity index (χ2v) is 6.11. The fourth-order valence-electron chi connectivity index (χ4n) is 2.25. The molecule has 3 N–H and O–H groups in total. The summed E-state index contributed by atoms with van der Waals surface area (Å²) in [6, 6.07) is 9.46. The van der Waals surface area contributed by atoms with E-state index in [0.29, 0.717) is 24.5 Å². The van der Waals surface area contributed by atoms with Crippen molar-refractivity contribution in [1.82, 2.24) is 5.32 Å². The first-order chi connectivity index (χ1) is 9.65. The first-order valence-electron chi connectivity index (χ1n) is 6.52. The fraction of sp³-hybridized carbons (Fsp3) is 0.267. The highest BCUT2D eigenvalue weighted by molar-refractivity contribution is 7.12. The summed E-state index contributed by atoms with van der Waals surface area (Å²) in [6.07, 6.45) is 0. The summed E-state index contributed by atoms with van der Waals surface area (Å²) in [5.41, 5.74) is 7.77. The molecule has 2 heterocycles. The summed E-state index contributed by atoms with van der Waals surface area (Å²) in [5, 5.41) is 2.81. The number of nitrogens with one attached hydrogen (secondary N) is 1. The van der Waals surface area contributed by atoms with Gasteiger partial charge in [0.25, 0.3) is 5.91 Å². The van der Waals surface area contributed by atoms with Gasteiger partial charge < -0.3 is 15.8 Å². The summed E-state index contributed by atoms with van der Waals surface area (Å²) in [5.74, 6) is 0.521. The molecule has 1 unspecified atom stereocenters. The Morgan fingerprint density at radius 2 is 2.20 bits per heavy atom. The predicted molar refractivity (Wildman–Crippen MR) is 79.4 cm³/mol. The second kappa shape index (κ2) is 5.26. The first-order valence-corrected chi connectivity index (χ1v) is 7.33. The average Bonchev–Trinajstić information content (AvgIpc) is 2.80. The quantitative estimate of drug-likeness (QED) is 0.890. The number of ether oxygens (including phenoxy) is 1. The maximum atomic E-state index is 12.0. The molecule has 0 saturated carbocycles. The first kappa shape index (κ1) is 13.1. The van der Waals surface area contributed by atoms with E-state index in [1.807, 2.05) is 24.3 Å². The van der Waals surface area contributed by atoms with Crippen molar-refractivity contribution < 1.29 is 9.53 Å². The lowest BCUT2D eigenvalue weighted by atomic mass is 10.0. The third kappa shape index (κ3) is 2.42. The highest BCUT2D eigenvalue weighted by Gasteiger charge is 2.19. The van der Waals surface area contributed by atoms with Gasteiger partial charge in [-0.05, 0) is 36.8 Å². The molecule has 2 aromatic rings. The Kier molecular flexibility index (Phi) is 3.46. The molecular formula is C15H16N2O2S. The lowest BCUT2D eigenvalue weighted by Gasteiger charge is -2.13. The minimum atomic E-state index is -0.213. The molecule has 0 saturated heterocycles. The molecule has 1 aliphatic heterocycles. The zero-order valence-electron chi connectivity index (χ0n) is 11.2. The Labute approximate surface area is 121 Å². The number of benzene rings is 1. The zero-order valence-corrected chi connectivity index (χ0v) is 12.0. The number of hydrogen-bond acceptors (Lipinski definition) is 4. The maximum absolute atomic E-state index is 12.0. The number of hydrogen-bond donors (Lipinski definition) is 2. The van der Waals surface area contributed by atoms with Crippen LogP contribution in [0.15, 0.2) is 30.3 Å². The number of nitrogens with two attached hydrogens (primary N) is 1. The lowest BCUT2D eigenvalue weighted by molar-refractivity contribution is 0.0957. The summed E-state index contributed by atoms with van der Waals surface area (Å²) in [6.45, 7) is 3.08. The van der Waals surface area contributed by atoms with E-state index in [-0.39, 0.29) is 11.9 Å². The predicted octanol–water partition coefficient (Wildman–Crippen LogP) is 2.23. The summed E-state index contributed by atoms with van der Waals surface area (Å²) in [4.78, 5) is 14.3. The second-order valence-electron chi connectivity index (χ2n) is 4.79. The molecule has 1 aromatic carbocycles. The van der Waals surface area contributed by atoms with Gasteiger partial charge in [-0.3, -0.25) is 4.79 Å². The van der Waals surface area contributed by atoms with Crippen LogP contribution >= 0.6 is 11.3 Å². The van der Waals surface area contributed by atoms with Gasteiger partial charge in [0.05, 0.1) is 18.2 Å². The van der Waals surface area contributed by atoms with Gasteiger partial charge in [0.15, 0.2) is 0 Å². The molecule has 0 radical (unpaired) electrons. The van der Waals surface area contributed by atoms with E-state index in [1.165, 1.54) is 4.88 Å². The largest absolute Gasteiger partial charge is 0.491 e. The normalized spacial score (nSPS) is 15.8. The molecule has 1 atom stereocenters. The van der Waals surface area contributed by atoms with Crippen LogP contribution in [0.25, 0.3) is 0 Å². The highest BCUT2D eigenvalue weighted by Crippen LogP contribution is 2.30. The molecule has 0 fully saturated rings. The van der Waals surface area contributed by atoms with E-state index in [2.05, 4.69) is 18.3 Å². The summed E-state index contributed by atoms with van der Waals surface area (Å²) < 4.78 is 5.54. The Balaban J connectivity index is 1.97. The van der Waals surface area contributed by atoms with Gasteiger partial charge in [-0.15, -0.1) is 11.3 Å². The Morgan fingerprint density at radius 1 is 1.35 bits per heavy atom. The third-order valence-corrected chi connectivity index (χ3v) is 4.40. The maximum Gasteiger partial charge on any atom is 0.255 e. The molecule has 3 rings (SSSR count). The van der Waals surface area contributed by atoms with E-state index in [4.69, 9.17) is 10.5 Å². The van der Waals surface area contributed by atoms with Crippen molar-refractivity contribution in [3.05, 3.63) is 51.2 Å². The van der Waals surface area contributed by atoms with Crippen molar-refractivity contribution in [3.8, 4) is 5.75 Å². The van der Waals surface area contributed by atoms with Crippen molar-refractivity contribution in [2.45, 2.75) is 13.0 Å². The van der Waals surface area contributed by atoms with Crippen molar-refractivity contribution in [2.75, 3.05) is 13.2 Å². The fourth-order valence-corrected chi connectivity index (χ4v) is 3.16. The monoisotopic (exact) mass is 288 g/mol. The van der Waals surface area contributed by atoms with Gasteiger partial charge in [-0.25, -0.2) is 0 Å². The average molecular weight is 288 g/mol. The molecule has 5 heteroatoms. The van der Waals surface area contributed by atoms with Crippen molar-refractivity contribution in [3.63, 3.8) is 0 Å². The highest BCUT2D eigenvalue weighted by atomic mass is 32.1. The van der Waals surface area contributed by atoms with E-state index >= 15 is 0 Å². The van der Waals surface area contributed by atoms with Gasteiger partial charge in [-0.2, -0.15) is 0 Å². The minimum absolute atomic E-state index is 0.103. The topological polar surface area (TPSA) is 64.4 Å². The van der Waals surface area contributed by atoms with Crippen molar-refractivity contribution in [1.29, 1.82) is 0 Å². The Hall–Kier alpha value is -1.85. The van der Waals surface area contributed by atoms with E-state index in [1.54, 1.807) is 11.3 Å². The zero-order chi connectivity index (χ0) is 14.1. The molecule has 0 spiro atoms. The number of fused-ring (bicyclic) bond motifs is 1.